The molecule has 0 aromatic heterocycles. The largest absolute Gasteiger partial charge is 0.444 e. The van der Waals surface area contributed by atoms with Gasteiger partial charge in [0, 0.05) is 19.6 Å². The average Bonchev–Trinajstić information content (AvgIpc) is 3.77. The fraction of sp³-hybridized carbons (Fsp3) is 0.778. The molecule has 2 aliphatic carbocycles. The Kier molecular flexibility index (Phi) is 10.1. The summed E-state index contributed by atoms with van der Waals surface area (Å²) in [6.45, 7) is 12.1. The molecule has 0 bridgehead atoms. The van der Waals surface area contributed by atoms with E-state index >= 15 is 0 Å². The first kappa shape index (κ1) is 32.8. The number of carbonyl (C=O) groups is 4. The molecule has 1 heterocycles. The van der Waals surface area contributed by atoms with Gasteiger partial charge in [0.2, 0.25) is 21.8 Å². The van der Waals surface area contributed by atoms with Gasteiger partial charge in [0.1, 0.15) is 23.2 Å². The van der Waals surface area contributed by atoms with Crippen LogP contribution in [0.4, 0.5) is 4.79 Å². The Morgan fingerprint density at radius 3 is 2.39 bits per heavy atom. The third-order valence-corrected chi connectivity index (χ3v) is 9.28. The number of nitrogens with zero attached hydrogens (tertiary/aromatic N) is 1. The molecular weight excluding hydrogens is 556 g/mol. The highest BCUT2D eigenvalue weighted by Crippen LogP contribution is 2.44. The number of alkyl carbamates (subject to hydrolysis) is 1. The zero-order valence-corrected chi connectivity index (χ0v) is 25.3. The minimum absolute atomic E-state index is 0.0994. The lowest BCUT2D eigenvalue weighted by Gasteiger charge is -2.32. The predicted molar refractivity (Wildman–Crippen MR) is 149 cm³/mol. The third-order valence-electron chi connectivity index (χ3n) is 7.46. The van der Waals surface area contributed by atoms with E-state index in [9.17, 15) is 32.7 Å². The number of unbranched alkanes of at least 4 members (excludes halogenated alkanes) is 1. The molecule has 3 aliphatic rings. The van der Waals surface area contributed by atoms with E-state index < -0.39 is 74.5 Å². The van der Waals surface area contributed by atoms with Gasteiger partial charge in [-0.25, -0.2) is 13.2 Å². The minimum Gasteiger partial charge on any atom is -0.444 e. The second-order valence-corrected chi connectivity index (χ2v) is 14.2. The first-order valence-corrected chi connectivity index (χ1v) is 15.6. The highest BCUT2D eigenvalue weighted by Gasteiger charge is 2.61. The summed E-state index contributed by atoms with van der Waals surface area (Å²) in [6.07, 6.45) is 1.47. The Balaban J connectivity index is 1.76. The summed E-state index contributed by atoms with van der Waals surface area (Å²) in [5, 5.41) is 15.0. The topological polar surface area (TPSA) is 180 Å². The van der Waals surface area contributed by atoms with Gasteiger partial charge in [0.15, 0.2) is 0 Å². The number of β-amino-alcohol motifs (C(OH)–C–C–N with tert-alkyl or cyclic N) is 1. The van der Waals surface area contributed by atoms with Crippen molar-refractivity contribution in [2.24, 2.45) is 5.92 Å². The SMILES string of the molecule is C=CCCCO[C@H](C)C(NC(=O)OC(C)(C)C)C(=O)N1C[C@H](O)C[C@H]1C(=O)N[C@]1(C(=O)NS(=O)(=O)C2CC2)C[C@H]1C. The van der Waals surface area contributed by atoms with Crippen molar-refractivity contribution in [2.45, 2.75) is 114 Å². The van der Waals surface area contributed by atoms with E-state index in [2.05, 4.69) is 21.9 Å². The van der Waals surface area contributed by atoms with Gasteiger partial charge in [-0.3, -0.25) is 19.1 Å². The quantitative estimate of drug-likeness (QED) is 0.175. The van der Waals surface area contributed by atoms with Crippen LogP contribution in [-0.2, 0) is 33.9 Å². The molecule has 0 spiro atoms. The van der Waals surface area contributed by atoms with Crippen LogP contribution in [0.3, 0.4) is 0 Å². The lowest BCUT2D eigenvalue weighted by Crippen LogP contribution is -2.60. The van der Waals surface area contributed by atoms with Crippen LogP contribution in [0.2, 0.25) is 0 Å². The number of nitrogens with one attached hydrogen (secondary N) is 3. The highest BCUT2D eigenvalue weighted by atomic mass is 32.2. The second kappa shape index (κ2) is 12.7. The normalized spacial score (nSPS) is 27.4. The van der Waals surface area contributed by atoms with E-state index in [1.807, 2.05) is 0 Å². The lowest BCUT2D eigenvalue weighted by atomic mass is 10.1. The zero-order valence-electron chi connectivity index (χ0n) is 24.5. The fourth-order valence-electron chi connectivity index (χ4n) is 4.85. The van der Waals surface area contributed by atoms with Crippen LogP contribution >= 0.6 is 0 Å². The summed E-state index contributed by atoms with van der Waals surface area (Å²) in [5.74, 6) is -2.51. The molecular formula is C27H44N4O9S. The highest BCUT2D eigenvalue weighted by molar-refractivity contribution is 7.91. The first-order chi connectivity index (χ1) is 19.0. The molecule has 1 saturated heterocycles. The molecule has 1 aliphatic heterocycles. The predicted octanol–water partition coefficient (Wildman–Crippen LogP) is 0.716. The number of carbonyl (C=O) groups excluding carboxylic acids is 4. The summed E-state index contributed by atoms with van der Waals surface area (Å²) < 4.78 is 37.9. The molecule has 4 N–H and O–H groups in total. The maximum atomic E-state index is 13.8. The molecule has 13 nitrogen and oxygen atoms in total. The number of sulfonamides is 1. The Morgan fingerprint density at radius 1 is 1.22 bits per heavy atom. The number of rotatable bonds is 13. The van der Waals surface area contributed by atoms with Gasteiger partial charge in [-0.1, -0.05) is 13.0 Å². The van der Waals surface area contributed by atoms with Gasteiger partial charge in [-0.2, -0.15) is 0 Å². The van der Waals surface area contributed by atoms with E-state index in [-0.39, 0.29) is 25.3 Å². The molecule has 4 amide bonds. The van der Waals surface area contributed by atoms with E-state index in [1.54, 1.807) is 40.7 Å². The Bertz CT molecular complexity index is 1130. The van der Waals surface area contributed by atoms with Gasteiger partial charge in [-0.15, -0.1) is 6.58 Å². The smallest absolute Gasteiger partial charge is 0.408 e. The molecule has 3 fully saturated rings. The van der Waals surface area contributed by atoms with Gasteiger partial charge in [0.05, 0.1) is 17.5 Å². The van der Waals surface area contributed by atoms with Crippen molar-refractivity contribution in [3.8, 4) is 0 Å². The average molecular weight is 601 g/mol. The molecule has 232 valence electrons. The summed E-state index contributed by atoms with van der Waals surface area (Å²) in [4.78, 5) is 54.0. The van der Waals surface area contributed by atoms with Crippen molar-refractivity contribution in [3.05, 3.63) is 12.7 Å². The Hall–Kier alpha value is -2.71. The molecule has 0 radical (unpaired) electrons. The summed E-state index contributed by atoms with van der Waals surface area (Å²) in [6, 6.07) is -2.40. The van der Waals surface area contributed by atoms with Gasteiger partial charge < -0.3 is 30.1 Å². The van der Waals surface area contributed by atoms with Gasteiger partial charge >= 0.3 is 6.09 Å². The van der Waals surface area contributed by atoms with E-state index in [4.69, 9.17) is 9.47 Å². The van der Waals surface area contributed by atoms with Crippen molar-refractivity contribution in [3.63, 3.8) is 0 Å². The van der Waals surface area contributed by atoms with Crippen molar-refractivity contribution < 1.29 is 42.2 Å². The number of allylic oxidation sites excluding steroid dienone is 1. The Morgan fingerprint density at radius 2 is 1.85 bits per heavy atom. The van der Waals surface area contributed by atoms with Crippen molar-refractivity contribution >= 4 is 33.8 Å². The van der Waals surface area contributed by atoms with Crippen LogP contribution in [0.5, 0.6) is 0 Å². The lowest BCUT2D eigenvalue weighted by molar-refractivity contribution is -0.143. The molecule has 6 atom stereocenters. The first-order valence-electron chi connectivity index (χ1n) is 14.1. The van der Waals surface area contributed by atoms with Crippen LogP contribution in [0.25, 0.3) is 0 Å². The number of aliphatic hydroxyl groups excluding tert-OH is 1. The zero-order chi connectivity index (χ0) is 30.8. The molecule has 41 heavy (non-hydrogen) atoms. The molecule has 3 rings (SSSR count). The van der Waals surface area contributed by atoms with E-state index in [0.717, 1.165) is 4.90 Å². The van der Waals surface area contributed by atoms with E-state index in [1.165, 1.54) is 0 Å². The number of ether oxygens (including phenoxy) is 2. The number of likely N-dealkylation sites (tertiary alicyclic amines) is 1. The summed E-state index contributed by atoms with van der Waals surface area (Å²) >= 11 is 0. The number of aliphatic hydroxyl groups is 1. The molecule has 1 unspecified atom stereocenters. The Labute approximate surface area is 241 Å². The van der Waals surface area contributed by atoms with Crippen LogP contribution in [0.1, 0.15) is 73.1 Å². The summed E-state index contributed by atoms with van der Waals surface area (Å²) in [7, 11) is -3.82. The molecule has 0 aromatic carbocycles. The number of amides is 4. The standard InChI is InChI=1S/C27H44N4O9S/c1-7-8-9-12-39-17(3)21(28-25(36)40-26(4,5)6)23(34)31-15-18(32)13-20(31)22(33)29-27(14-16(27)2)24(35)30-41(37,38)19-10-11-19/h7,16-21,32H,1,8-15H2,2-6H3,(H,28,36)(H,29,33)(H,30,35)/t16-,17-,18-,20+,21?,27-/m1/s1. The van der Waals surface area contributed by atoms with Crippen LogP contribution in [0.15, 0.2) is 12.7 Å². The van der Waals surface area contributed by atoms with Gasteiger partial charge in [0.25, 0.3) is 5.91 Å². The number of hydrogen-bond acceptors (Lipinski definition) is 9. The van der Waals surface area contributed by atoms with Crippen molar-refractivity contribution in [2.75, 3.05) is 13.2 Å². The molecule has 2 saturated carbocycles. The van der Waals surface area contributed by atoms with Gasteiger partial charge in [-0.05, 0) is 65.7 Å². The molecule has 0 aromatic rings. The van der Waals surface area contributed by atoms with Crippen molar-refractivity contribution in [1.82, 2.24) is 20.3 Å². The van der Waals surface area contributed by atoms with Crippen LogP contribution in [0, 0.1) is 5.92 Å². The monoisotopic (exact) mass is 600 g/mol. The maximum absolute atomic E-state index is 13.8. The fourth-order valence-corrected chi connectivity index (χ4v) is 6.21. The third kappa shape index (κ3) is 8.41. The number of hydrogen-bond donors (Lipinski definition) is 4. The minimum atomic E-state index is -3.82. The van der Waals surface area contributed by atoms with Crippen LogP contribution in [-0.4, -0.2) is 96.1 Å². The maximum Gasteiger partial charge on any atom is 0.408 e. The van der Waals surface area contributed by atoms with Crippen LogP contribution < -0.4 is 15.4 Å². The van der Waals surface area contributed by atoms with E-state index in [0.29, 0.717) is 32.3 Å². The summed E-state index contributed by atoms with van der Waals surface area (Å²) in [5.41, 5.74) is -2.27. The van der Waals surface area contributed by atoms with Crippen molar-refractivity contribution in [1.29, 1.82) is 0 Å². The molecule has 14 heteroatoms. The second-order valence-electron chi connectivity index (χ2n) is 12.3.